The lowest BCUT2D eigenvalue weighted by molar-refractivity contribution is -0.121. The number of para-hydroxylation sites is 2. The van der Waals surface area contributed by atoms with E-state index in [0.717, 1.165) is 5.56 Å². The number of hydrogen-bond acceptors (Lipinski definition) is 6. The van der Waals surface area contributed by atoms with Crippen LogP contribution in [0.15, 0.2) is 67.1 Å². The van der Waals surface area contributed by atoms with Crippen molar-refractivity contribution in [1.82, 2.24) is 9.97 Å². The molecule has 0 spiro atoms. The Labute approximate surface area is 173 Å². The molecule has 8 heteroatoms. The number of hydrogen-bond donors (Lipinski definition) is 1. The van der Waals surface area contributed by atoms with Crippen molar-refractivity contribution in [1.29, 1.82) is 0 Å². The predicted octanol–water partition coefficient (Wildman–Crippen LogP) is 2.81. The summed E-state index contributed by atoms with van der Waals surface area (Å²) in [5, 5.41) is 2.77. The number of pyridine rings is 2. The fraction of sp³-hybridized carbons (Fsp3) is 0.182. The molecule has 1 aliphatic heterocycles. The van der Waals surface area contributed by atoms with Gasteiger partial charge in [0.2, 0.25) is 5.91 Å². The summed E-state index contributed by atoms with van der Waals surface area (Å²) in [7, 11) is 0. The van der Waals surface area contributed by atoms with Gasteiger partial charge in [0, 0.05) is 31.6 Å². The molecule has 1 aliphatic rings. The number of nitrogens with zero attached hydrogens (tertiary/aromatic N) is 3. The average Bonchev–Trinajstić information content (AvgIpc) is 2.78. The maximum absolute atomic E-state index is 12.5. The van der Waals surface area contributed by atoms with E-state index in [1.165, 1.54) is 0 Å². The minimum Gasteiger partial charge on any atom is -0.485 e. The van der Waals surface area contributed by atoms with Gasteiger partial charge in [-0.05, 0) is 42.0 Å². The topological polar surface area (TPSA) is 93.7 Å². The Bertz CT molecular complexity index is 1040. The summed E-state index contributed by atoms with van der Waals surface area (Å²) < 4.78 is 11.2. The van der Waals surface area contributed by atoms with Gasteiger partial charge >= 0.3 is 0 Å². The maximum atomic E-state index is 12.5. The second kappa shape index (κ2) is 9.04. The zero-order chi connectivity index (χ0) is 20.8. The summed E-state index contributed by atoms with van der Waals surface area (Å²) in [5.74, 6) is 0.995. The Kier molecular flexibility index (Phi) is 5.84. The number of carbonyl (C=O) groups excluding carboxylic acids is 2. The molecule has 8 nitrogen and oxygen atoms in total. The summed E-state index contributed by atoms with van der Waals surface area (Å²) in [5.41, 5.74) is 1.62. The molecule has 0 radical (unpaired) electrons. The van der Waals surface area contributed by atoms with Gasteiger partial charge in [-0.3, -0.25) is 14.6 Å². The molecule has 1 aromatic carbocycles. The van der Waals surface area contributed by atoms with Crippen molar-refractivity contribution in [3.63, 3.8) is 0 Å². The maximum Gasteiger partial charge on any atom is 0.265 e. The van der Waals surface area contributed by atoms with Crippen LogP contribution in [0.3, 0.4) is 0 Å². The van der Waals surface area contributed by atoms with Gasteiger partial charge in [-0.2, -0.15) is 0 Å². The number of carbonyl (C=O) groups is 2. The smallest absolute Gasteiger partial charge is 0.265 e. The molecule has 2 aromatic heterocycles. The highest BCUT2D eigenvalue weighted by atomic mass is 16.5. The summed E-state index contributed by atoms with van der Waals surface area (Å²) in [6, 6.07) is 14.5. The second-order valence-corrected chi connectivity index (χ2v) is 6.59. The molecule has 2 amide bonds. The monoisotopic (exact) mass is 404 g/mol. The number of rotatable bonds is 7. The van der Waals surface area contributed by atoms with E-state index in [-0.39, 0.29) is 31.4 Å². The van der Waals surface area contributed by atoms with Gasteiger partial charge in [0.05, 0.1) is 5.69 Å². The van der Waals surface area contributed by atoms with E-state index in [4.69, 9.17) is 9.47 Å². The molecule has 0 aliphatic carbocycles. The third-order valence-corrected chi connectivity index (χ3v) is 4.54. The van der Waals surface area contributed by atoms with Crippen LogP contribution in [0.25, 0.3) is 0 Å². The third-order valence-electron chi connectivity index (χ3n) is 4.54. The Morgan fingerprint density at radius 2 is 1.93 bits per heavy atom. The Morgan fingerprint density at radius 1 is 1.10 bits per heavy atom. The number of aromatic nitrogens is 2. The molecule has 4 rings (SSSR count). The molecular formula is C22H20N4O4. The van der Waals surface area contributed by atoms with Crippen molar-refractivity contribution in [3.8, 4) is 11.5 Å². The lowest BCUT2D eigenvalue weighted by Crippen LogP contribution is -2.40. The number of amides is 2. The molecule has 3 heterocycles. The van der Waals surface area contributed by atoms with Gasteiger partial charge in [0.25, 0.3) is 5.91 Å². The highest BCUT2D eigenvalue weighted by molar-refractivity contribution is 5.99. The molecule has 0 atom stereocenters. The van der Waals surface area contributed by atoms with Gasteiger partial charge < -0.3 is 19.7 Å². The van der Waals surface area contributed by atoms with Gasteiger partial charge in [-0.1, -0.05) is 12.1 Å². The van der Waals surface area contributed by atoms with Crippen LogP contribution in [0, 0.1) is 0 Å². The van der Waals surface area contributed by atoms with Crippen molar-refractivity contribution in [3.05, 3.63) is 72.7 Å². The highest BCUT2D eigenvalue weighted by Gasteiger charge is 2.25. The molecule has 0 saturated carbocycles. The van der Waals surface area contributed by atoms with Gasteiger partial charge in [0.1, 0.15) is 12.4 Å². The summed E-state index contributed by atoms with van der Waals surface area (Å²) >= 11 is 0. The van der Waals surface area contributed by atoms with Crippen LogP contribution in [0.4, 0.5) is 11.5 Å². The number of anilines is 2. The van der Waals surface area contributed by atoms with Crippen LogP contribution >= 0.6 is 0 Å². The zero-order valence-electron chi connectivity index (χ0n) is 16.2. The Hall–Kier alpha value is -3.94. The van der Waals surface area contributed by atoms with Gasteiger partial charge in [0.15, 0.2) is 18.2 Å². The molecule has 1 N–H and O–H groups in total. The van der Waals surface area contributed by atoms with Crippen LogP contribution in [0.1, 0.15) is 12.0 Å². The van der Waals surface area contributed by atoms with E-state index in [1.54, 1.807) is 47.8 Å². The standard InChI is InChI=1S/C22H20N4O4/c27-20(9-13-26-17-4-1-2-5-18(17)30-15-21(26)28)25-22-19(6-3-10-24-22)29-14-16-7-11-23-12-8-16/h1-8,10-12H,9,13-15H2,(H,24,25,27). The van der Waals surface area contributed by atoms with E-state index in [9.17, 15) is 9.59 Å². The van der Waals surface area contributed by atoms with Gasteiger partial charge in [-0.15, -0.1) is 0 Å². The molecule has 0 fully saturated rings. The Balaban J connectivity index is 1.37. The van der Waals surface area contributed by atoms with Crippen molar-refractivity contribution in [2.45, 2.75) is 13.0 Å². The van der Waals surface area contributed by atoms with Crippen LogP contribution in [0.2, 0.25) is 0 Å². The molecule has 0 unspecified atom stereocenters. The number of nitrogens with one attached hydrogen (secondary N) is 1. The SMILES string of the molecule is O=C(CCN1C(=O)COc2ccccc21)Nc1ncccc1OCc1ccncc1. The average molecular weight is 404 g/mol. The summed E-state index contributed by atoms with van der Waals surface area (Å²) in [6.07, 6.45) is 5.07. The minimum atomic E-state index is -0.265. The first-order valence-corrected chi connectivity index (χ1v) is 9.49. The van der Waals surface area contributed by atoms with E-state index in [1.807, 2.05) is 24.3 Å². The lowest BCUT2D eigenvalue weighted by Gasteiger charge is -2.29. The third kappa shape index (κ3) is 4.54. The lowest BCUT2D eigenvalue weighted by atomic mass is 10.2. The molecule has 3 aromatic rings. The predicted molar refractivity (Wildman–Crippen MR) is 110 cm³/mol. The van der Waals surface area contributed by atoms with Gasteiger partial charge in [-0.25, -0.2) is 4.98 Å². The van der Waals surface area contributed by atoms with Crippen molar-refractivity contribution in [2.75, 3.05) is 23.4 Å². The fourth-order valence-electron chi connectivity index (χ4n) is 3.05. The number of benzene rings is 1. The zero-order valence-corrected chi connectivity index (χ0v) is 16.2. The quantitative estimate of drug-likeness (QED) is 0.651. The van der Waals surface area contributed by atoms with Crippen molar-refractivity contribution < 1.29 is 19.1 Å². The second-order valence-electron chi connectivity index (χ2n) is 6.59. The summed E-state index contributed by atoms with van der Waals surface area (Å²) in [4.78, 5) is 34.5. The molecular weight excluding hydrogens is 384 g/mol. The molecule has 0 bridgehead atoms. The normalized spacial score (nSPS) is 12.7. The molecule has 30 heavy (non-hydrogen) atoms. The minimum absolute atomic E-state index is 0.0358. The molecule has 152 valence electrons. The van der Waals surface area contributed by atoms with E-state index in [0.29, 0.717) is 29.6 Å². The first-order valence-electron chi connectivity index (χ1n) is 9.49. The number of fused-ring (bicyclic) bond motifs is 1. The van der Waals surface area contributed by atoms with Crippen molar-refractivity contribution in [2.24, 2.45) is 0 Å². The highest BCUT2D eigenvalue weighted by Crippen LogP contribution is 2.31. The van der Waals surface area contributed by atoms with Crippen LogP contribution < -0.4 is 19.7 Å². The van der Waals surface area contributed by atoms with Crippen LogP contribution in [-0.2, 0) is 16.2 Å². The first kappa shape index (κ1) is 19.4. The van der Waals surface area contributed by atoms with E-state index >= 15 is 0 Å². The molecule has 0 saturated heterocycles. The number of ether oxygens (including phenoxy) is 2. The van der Waals surface area contributed by atoms with Crippen molar-refractivity contribution >= 4 is 23.3 Å². The van der Waals surface area contributed by atoms with E-state index in [2.05, 4.69) is 15.3 Å². The largest absolute Gasteiger partial charge is 0.485 e. The van der Waals surface area contributed by atoms with Crippen LogP contribution in [-0.4, -0.2) is 34.9 Å². The fourth-order valence-corrected chi connectivity index (χ4v) is 3.05. The Morgan fingerprint density at radius 3 is 2.80 bits per heavy atom. The van der Waals surface area contributed by atoms with Crippen LogP contribution in [0.5, 0.6) is 11.5 Å². The van der Waals surface area contributed by atoms with E-state index < -0.39 is 0 Å². The first-order chi connectivity index (χ1) is 14.7. The summed E-state index contributed by atoms with van der Waals surface area (Å²) in [6.45, 7) is 0.535.